The zero-order valence-corrected chi connectivity index (χ0v) is 21.7. The lowest BCUT2D eigenvalue weighted by Crippen LogP contribution is -2.45. The van der Waals surface area contributed by atoms with Gasteiger partial charge in [-0.15, -0.1) is 0 Å². The van der Waals surface area contributed by atoms with Crippen LogP contribution in [0.1, 0.15) is 41.5 Å². The maximum atomic E-state index is 11.9. The molecule has 0 aliphatic rings. The second kappa shape index (κ2) is 14.4. The Balaban J connectivity index is 4.49. The highest BCUT2D eigenvalue weighted by molar-refractivity contribution is 8.03. The largest absolute Gasteiger partial charge is 0.467 e. The van der Waals surface area contributed by atoms with E-state index in [0.717, 1.165) is 0 Å². The van der Waals surface area contributed by atoms with Crippen molar-refractivity contribution in [2.75, 3.05) is 37.2 Å². The van der Waals surface area contributed by atoms with E-state index in [1.54, 1.807) is 41.5 Å². The van der Waals surface area contributed by atoms with Crippen LogP contribution in [0.15, 0.2) is 0 Å². The van der Waals surface area contributed by atoms with Crippen LogP contribution in [0, 0.1) is 0 Å². The second-order valence-corrected chi connectivity index (χ2v) is 10.9. The molecule has 0 fully saturated rings. The van der Waals surface area contributed by atoms with Crippen LogP contribution in [0.3, 0.4) is 0 Å². The number of nitrogens with one attached hydrogen (secondary N) is 2. The number of thioether (sulfide) groups is 2. The number of rotatable bonds is 11. The first-order chi connectivity index (χ1) is 14.7. The molecule has 0 saturated heterocycles. The molecule has 0 spiro atoms. The van der Waals surface area contributed by atoms with Gasteiger partial charge in [-0.1, -0.05) is 0 Å². The fourth-order valence-corrected chi connectivity index (χ4v) is 4.23. The second-order valence-electron chi connectivity index (χ2n) is 8.59. The predicted molar refractivity (Wildman–Crippen MR) is 125 cm³/mol. The van der Waals surface area contributed by atoms with E-state index in [9.17, 15) is 19.2 Å². The van der Waals surface area contributed by atoms with Crippen molar-refractivity contribution in [1.82, 2.24) is 10.6 Å². The Bertz CT molecular complexity index is 578. The molecule has 10 nitrogen and oxygen atoms in total. The zero-order chi connectivity index (χ0) is 24.9. The standard InChI is InChI=1S/C20H36N2O8S2/c1-19(2,3)29-17(25)21-13(15(23)27-7)11-31-9-10-32-12-14(16(24)28-8)22-18(26)30-20(4,5)6/h13-14H,9-12H2,1-8H3,(H,21,25)(H,22,26)/t13-,14-/m0/s1. The molecule has 0 radical (unpaired) electrons. The van der Waals surface area contributed by atoms with Gasteiger partial charge in [-0.2, -0.15) is 23.5 Å². The van der Waals surface area contributed by atoms with Gasteiger partial charge in [0.05, 0.1) is 14.2 Å². The summed E-state index contributed by atoms with van der Waals surface area (Å²) in [6.07, 6.45) is -1.39. The lowest BCUT2D eigenvalue weighted by atomic mass is 10.2. The fourth-order valence-electron chi connectivity index (χ4n) is 2.04. The zero-order valence-electron chi connectivity index (χ0n) is 20.1. The summed E-state index contributed by atoms with van der Waals surface area (Å²) in [5.74, 6) is 0.724. The molecular formula is C20H36N2O8S2. The van der Waals surface area contributed by atoms with Crippen molar-refractivity contribution >= 4 is 47.6 Å². The van der Waals surface area contributed by atoms with Crippen LogP contribution in [-0.2, 0) is 28.5 Å². The first kappa shape index (κ1) is 30.2. The first-order valence-corrected chi connectivity index (χ1v) is 12.3. The number of alkyl carbamates (subject to hydrolysis) is 2. The molecule has 0 aromatic carbocycles. The molecule has 0 heterocycles. The van der Waals surface area contributed by atoms with Gasteiger partial charge >= 0.3 is 24.1 Å². The summed E-state index contributed by atoms with van der Waals surface area (Å²) in [5.41, 5.74) is -1.36. The Kier molecular flexibility index (Phi) is 13.5. The molecule has 0 aliphatic carbocycles. The molecule has 0 aliphatic heterocycles. The van der Waals surface area contributed by atoms with E-state index in [1.807, 2.05) is 0 Å². The molecule has 0 bridgehead atoms. The van der Waals surface area contributed by atoms with Crippen LogP contribution >= 0.6 is 23.5 Å². The number of esters is 2. The van der Waals surface area contributed by atoms with Crippen LogP contribution in [-0.4, -0.2) is 84.6 Å². The van der Waals surface area contributed by atoms with Gasteiger partial charge in [-0.25, -0.2) is 19.2 Å². The minimum absolute atomic E-state index is 0.295. The molecule has 12 heteroatoms. The number of ether oxygens (including phenoxy) is 4. The number of hydrogen-bond donors (Lipinski definition) is 2. The topological polar surface area (TPSA) is 129 Å². The molecule has 2 N–H and O–H groups in total. The Morgan fingerprint density at radius 1 is 0.688 bits per heavy atom. The van der Waals surface area contributed by atoms with Crippen LogP contribution < -0.4 is 10.6 Å². The predicted octanol–water partition coefficient (Wildman–Crippen LogP) is 2.59. The molecule has 0 aromatic heterocycles. The molecule has 0 rings (SSSR count). The summed E-state index contributed by atoms with van der Waals surface area (Å²) in [6.45, 7) is 10.4. The van der Waals surface area contributed by atoms with E-state index in [0.29, 0.717) is 23.0 Å². The van der Waals surface area contributed by atoms with Gasteiger partial charge < -0.3 is 29.6 Å². The van der Waals surface area contributed by atoms with E-state index in [1.165, 1.54) is 37.7 Å². The summed E-state index contributed by atoms with van der Waals surface area (Å²) in [6, 6.07) is -1.69. The quantitative estimate of drug-likeness (QED) is 0.250. The fraction of sp³-hybridized carbons (Fsp3) is 0.800. The van der Waals surface area contributed by atoms with Crippen LogP contribution in [0.5, 0.6) is 0 Å². The summed E-state index contributed by atoms with van der Waals surface area (Å²) >= 11 is 2.86. The van der Waals surface area contributed by atoms with E-state index < -0.39 is 47.4 Å². The highest BCUT2D eigenvalue weighted by atomic mass is 32.2. The van der Waals surface area contributed by atoms with Crippen molar-refractivity contribution in [3.63, 3.8) is 0 Å². The molecule has 2 amide bonds. The Morgan fingerprint density at radius 2 is 1.00 bits per heavy atom. The average molecular weight is 497 g/mol. The molecule has 32 heavy (non-hydrogen) atoms. The maximum absolute atomic E-state index is 11.9. The molecule has 0 saturated carbocycles. The van der Waals surface area contributed by atoms with Gasteiger partial charge in [-0.3, -0.25) is 0 Å². The normalized spacial score (nSPS) is 13.4. The average Bonchev–Trinajstić information content (AvgIpc) is 2.64. The number of methoxy groups -OCH3 is 2. The van der Waals surface area contributed by atoms with E-state index >= 15 is 0 Å². The molecule has 186 valence electrons. The Labute approximate surface area is 198 Å². The Hall–Kier alpha value is -1.82. The van der Waals surface area contributed by atoms with Crippen molar-refractivity contribution in [2.45, 2.75) is 64.8 Å². The van der Waals surface area contributed by atoms with Crippen LogP contribution in [0.4, 0.5) is 9.59 Å². The highest BCUT2D eigenvalue weighted by Crippen LogP contribution is 2.13. The third kappa shape index (κ3) is 15.1. The summed E-state index contributed by atoms with van der Waals surface area (Å²) in [5, 5.41) is 5.02. The van der Waals surface area contributed by atoms with Crippen LogP contribution in [0.25, 0.3) is 0 Å². The van der Waals surface area contributed by atoms with Gasteiger partial charge in [0.25, 0.3) is 0 Å². The summed E-state index contributed by atoms with van der Waals surface area (Å²) < 4.78 is 19.8. The molecule has 2 atom stereocenters. The van der Waals surface area contributed by atoms with Gasteiger partial charge in [-0.05, 0) is 41.5 Å². The van der Waals surface area contributed by atoms with E-state index in [-0.39, 0.29) is 0 Å². The van der Waals surface area contributed by atoms with E-state index in [4.69, 9.17) is 18.9 Å². The summed E-state index contributed by atoms with van der Waals surface area (Å²) in [4.78, 5) is 47.7. The number of carbonyl (C=O) groups excluding carboxylic acids is 4. The summed E-state index contributed by atoms with van der Waals surface area (Å²) in [7, 11) is 2.49. The highest BCUT2D eigenvalue weighted by Gasteiger charge is 2.26. The van der Waals surface area contributed by atoms with Crippen molar-refractivity contribution < 1.29 is 38.1 Å². The van der Waals surface area contributed by atoms with Crippen LogP contribution in [0.2, 0.25) is 0 Å². The molecule has 0 unspecified atom stereocenters. The van der Waals surface area contributed by atoms with Gasteiger partial charge in [0, 0.05) is 23.0 Å². The maximum Gasteiger partial charge on any atom is 0.408 e. The van der Waals surface area contributed by atoms with Gasteiger partial charge in [0.2, 0.25) is 0 Å². The van der Waals surface area contributed by atoms with Crippen molar-refractivity contribution in [2.24, 2.45) is 0 Å². The van der Waals surface area contributed by atoms with Crippen molar-refractivity contribution in [3.05, 3.63) is 0 Å². The smallest absolute Gasteiger partial charge is 0.408 e. The third-order valence-corrected chi connectivity index (χ3v) is 5.68. The molecule has 0 aromatic rings. The minimum Gasteiger partial charge on any atom is -0.467 e. The third-order valence-electron chi connectivity index (χ3n) is 3.29. The van der Waals surface area contributed by atoms with Gasteiger partial charge in [0.15, 0.2) is 0 Å². The minimum atomic E-state index is -0.846. The Morgan fingerprint density at radius 3 is 1.25 bits per heavy atom. The SMILES string of the molecule is COC(=O)[C@H](CSCCSC[C@H](NC(=O)OC(C)(C)C)C(=O)OC)NC(=O)OC(C)(C)C. The lowest BCUT2D eigenvalue weighted by molar-refractivity contribution is -0.143. The first-order valence-electron chi connectivity index (χ1n) is 9.98. The number of amides is 2. The van der Waals surface area contributed by atoms with Crippen molar-refractivity contribution in [3.8, 4) is 0 Å². The number of carbonyl (C=O) groups is 4. The van der Waals surface area contributed by atoms with Crippen molar-refractivity contribution in [1.29, 1.82) is 0 Å². The lowest BCUT2D eigenvalue weighted by Gasteiger charge is -2.23. The van der Waals surface area contributed by atoms with E-state index in [2.05, 4.69) is 10.6 Å². The number of hydrogen-bond acceptors (Lipinski definition) is 10. The monoisotopic (exact) mass is 496 g/mol. The van der Waals surface area contributed by atoms with Gasteiger partial charge in [0.1, 0.15) is 23.3 Å². The molecular weight excluding hydrogens is 460 g/mol.